The van der Waals surface area contributed by atoms with Crippen LogP contribution in [0.3, 0.4) is 0 Å². The monoisotopic (exact) mass is 340 g/mol. The van der Waals surface area contributed by atoms with Crippen molar-refractivity contribution in [2.75, 3.05) is 27.4 Å². The number of benzene rings is 1. The number of rotatable bonds is 7. The lowest BCUT2D eigenvalue weighted by Gasteiger charge is -2.08. The summed E-state index contributed by atoms with van der Waals surface area (Å²) >= 11 is 0. The third kappa shape index (κ3) is 8.42. The number of hydrogen-bond acceptors (Lipinski definition) is 6. The summed E-state index contributed by atoms with van der Waals surface area (Å²) in [6, 6.07) is 9.15. The van der Waals surface area contributed by atoms with Gasteiger partial charge >= 0.3 is 11.9 Å². The highest BCUT2D eigenvalue weighted by Gasteiger charge is 2.17. The molecule has 0 saturated carbocycles. The maximum atomic E-state index is 11.5. The Morgan fingerprint density at radius 1 is 1.17 bits per heavy atom. The lowest BCUT2D eigenvalue weighted by molar-refractivity contribution is -0.141. The molecular formula is C17H24O7. The first-order chi connectivity index (χ1) is 11.4. The Morgan fingerprint density at radius 3 is 2.12 bits per heavy atom. The molecule has 0 aromatic heterocycles. The molecule has 3 N–H and O–H groups in total. The number of aliphatic carboxylic acids is 1. The van der Waals surface area contributed by atoms with Gasteiger partial charge in [-0.2, -0.15) is 0 Å². The van der Waals surface area contributed by atoms with Gasteiger partial charge in [-0.3, -0.25) is 4.79 Å². The predicted molar refractivity (Wildman–Crippen MR) is 88.3 cm³/mol. The van der Waals surface area contributed by atoms with Crippen molar-refractivity contribution in [1.29, 1.82) is 0 Å². The molecule has 1 rings (SSSR count). The van der Waals surface area contributed by atoms with Crippen LogP contribution in [0, 0.1) is 0 Å². The van der Waals surface area contributed by atoms with Crippen LogP contribution in [0.1, 0.15) is 18.9 Å². The zero-order valence-corrected chi connectivity index (χ0v) is 14.1. The molecule has 0 radical (unpaired) electrons. The number of carbonyl (C=O) groups is 2. The second-order valence-electron chi connectivity index (χ2n) is 4.82. The van der Waals surface area contributed by atoms with Crippen LogP contribution in [0.15, 0.2) is 35.9 Å². The molecule has 0 aliphatic rings. The van der Waals surface area contributed by atoms with Gasteiger partial charge in [0.05, 0.1) is 32.3 Å². The van der Waals surface area contributed by atoms with Gasteiger partial charge in [-0.05, 0) is 18.1 Å². The van der Waals surface area contributed by atoms with E-state index in [1.165, 1.54) is 14.2 Å². The number of carbonyl (C=O) groups excluding carboxylic acids is 1. The van der Waals surface area contributed by atoms with E-state index in [2.05, 4.69) is 9.47 Å². The summed E-state index contributed by atoms with van der Waals surface area (Å²) in [6.45, 7) is 1.69. The maximum absolute atomic E-state index is 11.5. The first-order valence-corrected chi connectivity index (χ1v) is 7.20. The topological polar surface area (TPSA) is 113 Å². The van der Waals surface area contributed by atoms with Crippen LogP contribution in [0.25, 0.3) is 5.57 Å². The number of ether oxygens (including phenoxy) is 2. The number of carboxylic acids is 1. The van der Waals surface area contributed by atoms with Crippen molar-refractivity contribution in [3.8, 4) is 0 Å². The minimum Gasteiger partial charge on any atom is -0.481 e. The maximum Gasteiger partial charge on any atom is 0.334 e. The Kier molecular flexibility index (Phi) is 11.1. The Labute approximate surface area is 141 Å². The molecule has 1 aromatic carbocycles. The molecule has 0 bridgehead atoms. The van der Waals surface area contributed by atoms with Gasteiger partial charge in [0.15, 0.2) is 0 Å². The number of hydrogen-bond donors (Lipinski definition) is 3. The van der Waals surface area contributed by atoms with Crippen molar-refractivity contribution in [2.24, 2.45) is 0 Å². The highest BCUT2D eigenvalue weighted by atomic mass is 16.5. The highest BCUT2D eigenvalue weighted by molar-refractivity contribution is 6.00. The van der Waals surface area contributed by atoms with Crippen molar-refractivity contribution in [2.45, 2.75) is 19.4 Å². The molecule has 1 unspecified atom stereocenters. The number of aliphatic hydroxyl groups excluding tert-OH is 2. The van der Waals surface area contributed by atoms with Crippen molar-refractivity contribution in [3.63, 3.8) is 0 Å². The van der Waals surface area contributed by atoms with Crippen LogP contribution in [-0.2, 0) is 19.1 Å². The molecule has 134 valence electrons. The largest absolute Gasteiger partial charge is 0.481 e. The van der Waals surface area contributed by atoms with Gasteiger partial charge in [0.25, 0.3) is 0 Å². The SMILES string of the molecule is COC(=O)/C(CC(=O)O)=C(\C)c1ccccc1.COCC(O)CO. The molecule has 1 aromatic rings. The van der Waals surface area contributed by atoms with E-state index in [9.17, 15) is 9.59 Å². The second kappa shape index (κ2) is 12.2. The van der Waals surface area contributed by atoms with Gasteiger partial charge in [-0.1, -0.05) is 30.3 Å². The summed E-state index contributed by atoms with van der Waals surface area (Å²) < 4.78 is 9.08. The van der Waals surface area contributed by atoms with Crippen LogP contribution in [0.2, 0.25) is 0 Å². The van der Waals surface area contributed by atoms with Gasteiger partial charge in [0.1, 0.15) is 6.10 Å². The van der Waals surface area contributed by atoms with Crippen LogP contribution < -0.4 is 0 Å². The van der Waals surface area contributed by atoms with Gasteiger partial charge < -0.3 is 24.8 Å². The lowest BCUT2D eigenvalue weighted by Crippen LogP contribution is -2.17. The van der Waals surface area contributed by atoms with Crippen LogP contribution in [0.5, 0.6) is 0 Å². The molecule has 0 saturated heterocycles. The molecule has 7 heteroatoms. The average Bonchev–Trinajstić information content (AvgIpc) is 2.59. The molecular weight excluding hydrogens is 316 g/mol. The van der Waals surface area contributed by atoms with Crippen molar-refractivity contribution >= 4 is 17.5 Å². The van der Waals surface area contributed by atoms with Crippen molar-refractivity contribution in [1.82, 2.24) is 0 Å². The quantitative estimate of drug-likeness (QED) is 0.503. The molecule has 0 aliphatic heterocycles. The van der Waals surface area contributed by atoms with Crippen LogP contribution in [-0.4, -0.2) is 60.8 Å². The summed E-state index contributed by atoms with van der Waals surface area (Å²) in [5.74, 6) is -1.66. The summed E-state index contributed by atoms with van der Waals surface area (Å²) in [6.07, 6.45) is -1.06. The Morgan fingerprint density at radius 2 is 1.75 bits per heavy atom. The molecule has 0 aliphatic carbocycles. The zero-order valence-electron chi connectivity index (χ0n) is 14.1. The Hall–Kier alpha value is -2.22. The smallest absolute Gasteiger partial charge is 0.334 e. The van der Waals surface area contributed by atoms with Gasteiger partial charge in [0.2, 0.25) is 0 Å². The van der Waals surface area contributed by atoms with E-state index in [0.717, 1.165) is 5.56 Å². The van der Waals surface area contributed by atoms with E-state index in [4.69, 9.17) is 15.3 Å². The first kappa shape index (κ1) is 21.8. The minimum atomic E-state index is -1.05. The first-order valence-electron chi connectivity index (χ1n) is 7.20. The molecule has 0 fully saturated rings. The number of methoxy groups -OCH3 is 2. The molecule has 0 spiro atoms. The number of aliphatic hydroxyl groups is 2. The number of esters is 1. The Bertz CT molecular complexity index is 537. The highest BCUT2D eigenvalue weighted by Crippen LogP contribution is 2.21. The fourth-order valence-electron chi connectivity index (χ4n) is 1.74. The third-order valence-electron chi connectivity index (χ3n) is 2.99. The van der Waals surface area contributed by atoms with E-state index in [1.54, 1.807) is 6.92 Å². The minimum absolute atomic E-state index is 0.172. The summed E-state index contributed by atoms with van der Waals surface area (Å²) in [4.78, 5) is 22.2. The standard InChI is InChI=1S/C13H14O4.C4H10O3/c1-9(10-6-4-3-5-7-10)11(8-12(14)15)13(16)17-2;1-7-3-4(6)2-5/h3-7H,8H2,1-2H3,(H,14,15);4-6H,2-3H2,1H3/b11-9+;. The zero-order chi connectivity index (χ0) is 18.5. The van der Waals surface area contributed by atoms with Gasteiger partial charge in [-0.15, -0.1) is 0 Å². The van der Waals surface area contributed by atoms with E-state index < -0.39 is 18.0 Å². The fraction of sp³-hybridized carbons (Fsp3) is 0.412. The van der Waals surface area contributed by atoms with E-state index in [0.29, 0.717) is 5.57 Å². The average molecular weight is 340 g/mol. The third-order valence-corrected chi connectivity index (χ3v) is 2.99. The normalized spacial score (nSPS) is 12.4. The van der Waals surface area contributed by atoms with Gasteiger partial charge in [-0.25, -0.2) is 4.79 Å². The molecule has 7 nitrogen and oxygen atoms in total. The predicted octanol–water partition coefficient (Wildman–Crippen LogP) is 1.09. The lowest BCUT2D eigenvalue weighted by atomic mass is 9.99. The summed E-state index contributed by atoms with van der Waals surface area (Å²) in [7, 11) is 2.71. The van der Waals surface area contributed by atoms with Crippen LogP contribution >= 0.6 is 0 Å². The number of allylic oxidation sites excluding steroid dienone is 1. The number of carboxylic acid groups (broad SMARTS) is 1. The molecule has 24 heavy (non-hydrogen) atoms. The van der Waals surface area contributed by atoms with Crippen molar-refractivity contribution < 1.29 is 34.4 Å². The second-order valence-corrected chi connectivity index (χ2v) is 4.82. The summed E-state index contributed by atoms with van der Waals surface area (Å²) in [5, 5.41) is 25.4. The Balaban J connectivity index is 0.000000640. The van der Waals surface area contributed by atoms with E-state index in [-0.39, 0.29) is 25.2 Å². The fourth-order valence-corrected chi connectivity index (χ4v) is 1.74. The summed E-state index contributed by atoms with van der Waals surface area (Å²) in [5.41, 5.74) is 1.61. The van der Waals surface area contributed by atoms with Crippen molar-refractivity contribution in [3.05, 3.63) is 41.5 Å². The van der Waals surface area contributed by atoms with Crippen LogP contribution in [0.4, 0.5) is 0 Å². The molecule has 0 amide bonds. The van der Waals surface area contributed by atoms with E-state index in [1.807, 2.05) is 30.3 Å². The molecule has 0 heterocycles. The molecule has 1 atom stereocenters. The van der Waals surface area contributed by atoms with Gasteiger partial charge in [0, 0.05) is 7.11 Å². The van der Waals surface area contributed by atoms with E-state index >= 15 is 0 Å².